The standard InChI is InChI=1S/C15H17NO3/c1-15(2,3)12(17)9-19-11-6-4-5-10-7-8-13(18)16-14(10)11/h4-8H,9H2,1-3H3,(H,16,18). The maximum atomic E-state index is 11.8. The number of carbonyl (C=O) groups is 1. The fraction of sp³-hybridized carbons (Fsp3) is 0.333. The van der Waals surface area contributed by atoms with Crippen LogP contribution >= 0.6 is 0 Å². The molecule has 0 radical (unpaired) electrons. The molecule has 0 atom stereocenters. The molecule has 0 amide bonds. The van der Waals surface area contributed by atoms with Crippen molar-refractivity contribution in [3.8, 4) is 5.75 Å². The van der Waals surface area contributed by atoms with Crippen LogP contribution in [0.4, 0.5) is 0 Å². The number of pyridine rings is 1. The lowest BCUT2D eigenvalue weighted by Gasteiger charge is -2.17. The lowest BCUT2D eigenvalue weighted by molar-refractivity contribution is -0.128. The summed E-state index contributed by atoms with van der Waals surface area (Å²) < 4.78 is 5.54. The summed E-state index contributed by atoms with van der Waals surface area (Å²) in [5.74, 6) is 0.538. The first-order valence-corrected chi connectivity index (χ1v) is 6.16. The third-order valence-electron chi connectivity index (χ3n) is 2.92. The molecule has 1 aromatic heterocycles. The van der Waals surface area contributed by atoms with Crippen molar-refractivity contribution in [2.24, 2.45) is 5.41 Å². The van der Waals surface area contributed by atoms with Gasteiger partial charge in [-0.25, -0.2) is 0 Å². The van der Waals surface area contributed by atoms with Gasteiger partial charge in [0, 0.05) is 16.9 Å². The molecule has 0 bridgehead atoms. The lowest BCUT2D eigenvalue weighted by Crippen LogP contribution is -2.26. The van der Waals surface area contributed by atoms with Crippen molar-refractivity contribution in [1.29, 1.82) is 0 Å². The van der Waals surface area contributed by atoms with Gasteiger partial charge in [-0.2, -0.15) is 0 Å². The summed E-state index contributed by atoms with van der Waals surface area (Å²) in [6.07, 6.45) is 0. The van der Waals surface area contributed by atoms with Crippen LogP contribution in [0, 0.1) is 5.41 Å². The Morgan fingerprint density at radius 3 is 2.63 bits per heavy atom. The van der Waals surface area contributed by atoms with Crippen LogP contribution < -0.4 is 10.3 Å². The van der Waals surface area contributed by atoms with Gasteiger partial charge in [-0.05, 0) is 12.1 Å². The largest absolute Gasteiger partial charge is 0.484 e. The zero-order chi connectivity index (χ0) is 14.0. The number of aromatic nitrogens is 1. The predicted molar refractivity (Wildman–Crippen MR) is 74.5 cm³/mol. The van der Waals surface area contributed by atoms with Gasteiger partial charge in [-0.15, -0.1) is 0 Å². The van der Waals surface area contributed by atoms with Gasteiger partial charge in [0.05, 0.1) is 5.52 Å². The van der Waals surface area contributed by atoms with Crippen LogP contribution in [0.5, 0.6) is 5.75 Å². The number of hydrogen-bond donors (Lipinski definition) is 1. The number of ketones is 1. The fourth-order valence-electron chi connectivity index (χ4n) is 1.63. The molecule has 1 aromatic carbocycles. The minimum atomic E-state index is -0.433. The van der Waals surface area contributed by atoms with Crippen LogP contribution in [0.3, 0.4) is 0 Å². The summed E-state index contributed by atoms with van der Waals surface area (Å²) in [5, 5.41) is 0.875. The Labute approximate surface area is 111 Å². The molecule has 0 fully saturated rings. The van der Waals surface area contributed by atoms with Crippen LogP contribution in [-0.4, -0.2) is 17.4 Å². The number of ether oxygens (including phenoxy) is 1. The molecule has 0 saturated carbocycles. The van der Waals surface area contributed by atoms with Crippen molar-refractivity contribution >= 4 is 16.7 Å². The fourth-order valence-corrected chi connectivity index (χ4v) is 1.63. The highest BCUT2D eigenvalue weighted by atomic mass is 16.5. The molecule has 0 spiro atoms. The molecule has 2 aromatic rings. The van der Waals surface area contributed by atoms with E-state index in [0.29, 0.717) is 11.3 Å². The zero-order valence-corrected chi connectivity index (χ0v) is 11.3. The molecule has 1 heterocycles. The molecule has 100 valence electrons. The maximum absolute atomic E-state index is 11.8. The van der Waals surface area contributed by atoms with Crippen molar-refractivity contribution in [3.63, 3.8) is 0 Å². The van der Waals surface area contributed by atoms with Crippen molar-refractivity contribution < 1.29 is 9.53 Å². The Morgan fingerprint density at radius 1 is 1.21 bits per heavy atom. The van der Waals surface area contributed by atoms with Gasteiger partial charge in [-0.1, -0.05) is 32.9 Å². The summed E-state index contributed by atoms with van der Waals surface area (Å²) in [4.78, 5) is 25.9. The number of para-hydroxylation sites is 1. The van der Waals surface area contributed by atoms with E-state index in [0.717, 1.165) is 5.39 Å². The van der Waals surface area contributed by atoms with Gasteiger partial charge in [0.2, 0.25) is 5.56 Å². The van der Waals surface area contributed by atoms with Crippen LogP contribution in [0.15, 0.2) is 35.1 Å². The number of benzene rings is 1. The molecule has 4 heteroatoms. The maximum Gasteiger partial charge on any atom is 0.248 e. The number of fused-ring (bicyclic) bond motifs is 1. The van der Waals surface area contributed by atoms with Crippen molar-refractivity contribution in [2.45, 2.75) is 20.8 Å². The third-order valence-corrected chi connectivity index (χ3v) is 2.92. The SMILES string of the molecule is CC(C)(C)C(=O)COc1cccc2ccc(=O)[nH]c12. The number of aromatic amines is 1. The molecule has 0 aliphatic carbocycles. The van der Waals surface area contributed by atoms with Gasteiger partial charge in [0.15, 0.2) is 5.78 Å². The monoisotopic (exact) mass is 259 g/mol. The van der Waals surface area contributed by atoms with Gasteiger partial charge < -0.3 is 9.72 Å². The predicted octanol–water partition coefficient (Wildman–Crippen LogP) is 2.52. The lowest BCUT2D eigenvalue weighted by atomic mass is 9.91. The number of nitrogens with one attached hydrogen (secondary N) is 1. The highest BCUT2D eigenvalue weighted by molar-refractivity contribution is 5.87. The van der Waals surface area contributed by atoms with E-state index in [4.69, 9.17) is 4.74 Å². The average molecular weight is 259 g/mol. The number of hydrogen-bond acceptors (Lipinski definition) is 3. The van der Waals surface area contributed by atoms with E-state index in [1.54, 1.807) is 12.1 Å². The zero-order valence-electron chi connectivity index (χ0n) is 11.3. The summed E-state index contributed by atoms with van der Waals surface area (Å²) in [6.45, 7) is 5.55. The topological polar surface area (TPSA) is 59.2 Å². The summed E-state index contributed by atoms with van der Waals surface area (Å²) in [6, 6.07) is 8.65. The molecule has 0 aliphatic heterocycles. The normalized spacial score (nSPS) is 11.5. The first kappa shape index (κ1) is 13.3. The second-order valence-corrected chi connectivity index (χ2v) is 5.50. The number of Topliss-reactive ketones (excluding diaryl/α,β-unsaturated/α-hetero) is 1. The van der Waals surface area contributed by atoms with Crippen molar-refractivity contribution in [2.75, 3.05) is 6.61 Å². The van der Waals surface area contributed by atoms with Gasteiger partial charge in [0.25, 0.3) is 0 Å². The Bertz CT molecular complexity index is 665. The molecule has 0 unspecified atom stereocenters. The van der Waals surface area contributed by atoms with E-state index in [9.17, 15) is 9.59 Å². The molecule has 19 heavy (non-hydrogen) atoms. The van der Waals surface area contributed by atoms with E-state index >= 15 is 0 Å². The van der Waals surface area contributed by atoms with E-state index in [2.05, 4.69) is 4.98 Å². The Morgan fingerprint density at radius 2 is 1.95 bits per heavy atom. The van der Waals surface area contributed by atoms with Crippen LogP contribution in [-0.2, 0) is 4.79 Å². The summed E-state index contributed by atoms with van der Waals surface area (Å²) in [7, 11) is 0. The van der Waals surface area contributed by atoms with Crippen molar-refractivity contribution in [3.05, 3.63) is 40.7 Å². The molecular formula is C15H17NO3. The van der Waals surface area contributed by atoms with E-state index in [-0.39, 0.29) is 17.9 Å². The van der Waals surface area contributed by atoms with Gasteiger partial charge >= 0.3 is 0 Å². The highest BCUT2D eigenvalue weighted by Gasteiger charge is 2.21. The first-order valence-electron chi connectivity index (χ1n) is 6.16. The molecule has 0 saturated heterocycles. The summed E-state index contributed by atoms with van der Waals surface area (Å²) >= 11 is 0. The number of H-pyrrole nitrogens is 1. The van der Waals surface area contributed by atoms with Crippen LogP contribution in [0.1, 0.15) is 20.8 Å². The van der Waals surface area contributed by atoms with Crippen molar-refractivity contribution in [1.82, 2.24) is 4.98 Å². The highest BCUT2D eigenvalue weighted by Crippen LogP contribution is 2.23. The minimum Gasteiger partial charge on any atom is -0.484 e. The molecule has 4 nitrogen and oxygen atoms in total. The minimum absolute atomic E-state index is 0.000458. The van der Waals surface area contributed by atoms with E-state index in [1.165, 1.54) is 6.07 Å². The molecule has 2 rings (SSSR count). The second-order valence-electron chi connectivity index (χ2n) is 5.50. The number of rotatable bonds is 3. The number of carbonyl (C=O) groups excluding carboxylic acids is 1. The third kappa shape index (κ3) is 3.02. The van der Waals surface area contributed by atoms with Gasteiger partial charge in [-0.3, -0.25) is 9.59 Å². The molecule has 1 N–H and O–H groups in total. The second kappa shape index (κ2) is 4.88. The molecular weight excluding hydrogens is 242 g/mol. The van der Waals surface area contributed by atoms with E-state index in [1.807, 2.05) is 32.9 Å². The van der Waals surface area contributed by atoms with E-state index < -0.39 is 5.41 Å². The average Bonchev–Trinajstić information content (AvgIpc) is 2.34. The molecule has 0 aliphatic rings. The summed E-state index contributed by atoms with van der Waals surface area (Å²) in [5.41, 5.74) is 0.000237. The smallest absolute Gasteiger partial charge is 0.248 e. The van der Waals surface area contributed by atoms with Gasteiger partial charge in [0.1, 0.15) is 12.4 Å². The Hall–Kier alpha value is -2.10. The Kier molecular flexibility index (Phi) is 3.42. The van der Waals surface area contributed by atoms with Crippen LogP contribution in [0.25, 0.3) is 10.9 Å². The quantitative estimate of drug-likeness (QED) is 0.921. The first-order chi connectivity index (χ1) is 8.88. The van der Waals surface area contributed by atoms with Crippen LogP contribution in [0.2, 0.25) is 0 Å². The Balaban J connectivity index is 2.29.